The van der Waals surface area contributed by atoms with Gasteiger partial charge in [0.1, 0.15) is 19.3 Å². The van der Waals surface area contributed by atoms with E-state index in [4.69, 9.17) is 37.0 Å². The highest BCUT2D eigenvalue weighted by Gasteiger charge is 2.30. The van der Waals surface area contributed by atoms with Gasteiger partial charge in [0.15, 0.2) is 12.2 Å². The molecule has 0 aliphatic heterocycles. The van der Waals surface area contributed by atoms with Crippen molar-refractivity contribution in [1.29, 1.82) is 0 Å². The van der Waals surface area contributed by atoms with E-state index >= 15 is 0 Å². The Kier molecular flexibility index (Phi) is 57.1. The molecule has 0 radical (unpaired) electrons. The van der Waals surface area contributed by atoms with Gasteiger partial charge in [0.2, 0.25) is 0 Å². The minimum atomic E-state index is -4.95. The fraction of sp³-hybridized carbons (Fsp3) is 0.939. The van der Waals surface area contributed by atoms with Crippen LogP contribution >= 0.6 is 15.6 Å². The van der Waals surface area contributed by atoms with Gasteiger partial charge in [-0.25, -0.2) is 9.13 Å². The fourth-order valence-electron chi connectivity index (χ4n) is 9.85. The second kappa shape index (κ2) is 58.4. The molecule has 0 saturated heterocycles. The average molecular weight is 1260 g/mol. The van der Waals surface area contributed by atoms with Gasteiger partial charge in [-0.05, 0) is 37.5 Å². The van der Waals surface area contributed by atoms with Gasteiger partial charge in [-0.3, -0.25) is 37.3 Å². The van der Waals surface area contributed by atoms with E-state index in [1.165, 1.54) is 141 Å². The lowest BCUT2D eigenvalue weighted by molar-refractivity contribution is -0.161. The summed E-state index contributed by atoms with van der Waals surface area (Å²) >= 11 is 0. The van der Waals surface area contributed by atoms with Crippen molar-refractivity contribution < 1.29 is 80.2 Å². The SMILES string of the molecule is CCCCCCCCCCCCCCCCCCCCCC(=O)O[C@H](COC(=O)CCCCCCCCCCC(C)CC)COP(=O)(O)OC[C@@H](O)COP(=O)(O)OC[C@@H](COC(=O)CCCCCCC)OC(=O)CCCCCCCCC(C)C. The fourth-order valence-corrected chi connectivity index (χ4v) is 11.4. The maximum absolute atomic E-state index is 13.0. The molecule has 0 aromatic heterocycles. The Labute approximate surface area is 517 Å². The van der Waals surface area contributed by atoms with Crippen LogP contribution in [0.2, 0.25) is 0 Å². The highest BCUT2D eigenvalue weighted by Crippen LogP contribution is 2.45. The van der Waals surface area contributed by atoms with Crippen molar-refractivity contribution in [2.24, 2.45) is 11.8 Å². The topological polar surface area (TPSA) is 237 Å². The van der Waals surface area contributed by atoms with Gasteiger partial charge in [-0.1, -0.05) is 279 Å². The number of aliphatic hydroxyl groups is 1. The number of carbonyl (C=O) groups is 4. The molecular weight excluding hydrogens is 1130 g/mol. The third-order valence-electron chi connectivity index (χ3n) is 15.6. The lowest BCUT2D eigenvalue weighted by Gasteiger charge is -2.21. The van der Waals surface area contributed by atoms with E-state index in [-0.39, 0.29) is 25.7 Å². The van der Waals surface area contributed by atoms with Crippen LogP contribution in [0.3, 0.4) is 0 Å². The molecule has 0 heterocycles. The van der Waals surface area contributed by atoms with Crippen LogP contribution in [0.4, 0.5) is 0 Å². The Hall–Kier alpha value is -1.94. The van der Waals surface area contributed by atoms with Crippen molar-refractivity contribution in [3.05, 3.63) is 0 Å². The lowest BCUT2D eigenvalue weighted by atomic mass is 9.99. The zero-order valence-electron chi connectivity index (χ0n) is 54.9. The van der Waals surface area contributed by atoms with E-state index in [2.05, 4.69) is 41.5 Å². The maximum Gasteiger partial charge on any atom is 0.472 e. The number of hydrogen-bond acceptors (Lipinski definition) is 15. The van der Waals surface area contributed by atoms with E-state index in [1.807, 2.05) is 0 Å². The van der Waals surface area contributed by atoms with E-state index in [1.54, 1.807) is 0 Å². The number of phosphoric ester groups is 2. The maximum atomic E-state index is 13.0. The first-order chi connectivity index (χ1) is 40.9. The van der Waals surface area contributed by atoms with Gasteiger partial charge in [0.05, 0.1) is 26.4 Å². The molecule has 0 aliphatic carbocycles. The number of hydrogen-bond donors (Lipinski definition) is 3. The number of esters is 4. The Bertz CT molecular complexity index is 1670. The smallest absolute Gasteiger partial charge is 0.462 e. The Morgan fingerprint density at radius 2 is 0.600 bits per heavy atom. The van der Waals surface area contributed by atoms with Crippen molar-refractivity contribution in [2.45, 2.75) is 349 Å². The number of phosphoric acid groups is 2. The van der Waals surface area contributed by atoms with Crippen LogP contribution in [-0.4, -0.2) is 96.7 Å². The van der Waals surface area contributed by atoms with Gasteiger partial charge < -0.3 is 33.8 Å². The van der Waals surface area contributed by atoms with Crippen LogP contribution in [0.1, 0.15) is 330 Å². The zero-order chi connectivity index (χ0) is 62.9. The van der Waals surface area contributed by atoms with Gasteiger partial charge in [0, 0.05) is 25.7 Å². The summed E-state index contributed by atoms with van der Waals surface area (Å²) in [4.78, 5) is 72.0. The predicted octanol–water partition coefficient (Wildman–Crippen LogP) is 18.4. The van der Waals surface area contributed by atoms with E-state index in [0.29, 0.717) is 31.6 Å². The first-order valence-electron chi connectivity index (χ1n) is 34.5. The van der Waals surface area contributed by atoms with Crippen LogP contribution in [0, 0.1) is 11.8 Å². The molecule has 0 amide bonds. The zero-order valence-corrected chi connectivity index (χ0v) is 56.7. The van der Waals surface area contributed by atoms with Gasteiger partial charge in [-0.2, -0.15) is 0 Å². The molecule has 3 unspecified atom stereocenters. The normalized spacial score (nSPS) is 14.6. The van der Waals surface area contributed by atoms with Crippen LogP contribution in [0.5, 0.6) is 0 Å². The van der Waals surface area contributed by atoms with Crippen LogP contribution in [-0.2, 0) is 65.4 Å². The molecule has 0 rings (SSSR count). The van der Waals surface area contributed by atoms with Crippen molar-refractivity contribution in [3.63, 3.8) is 0 Å². The number of unbranched alkanes of at least 4 members (excludes halogenated alkanes) is 34. The minimum Gasteiger partial charge on any atom is -0.462 e. The highest BCUT2D eigenvalue weighted by atomic mass is 31.2. The number of ether oxygens (including phenoxy) is 4. The van der Waals surface area contributed by atoms with Crippen LogP contribution < -0.4 is 0 Å². The second-order valence-electron chi connectivity index (χ2n) is 24.6. The molecule has 17 nitrogen and oxygen atoms in total. The van der Waals surface area contributed by atoms with Crippen LogP contribution in [0.25, 0.3) is 0 Å². The monoisotopic (exact) mass is 1250 g/mol. The first-order valence-corrected chi connectivity index (χ1v) is 37.5. The number of rotatable bonds is 65. The second-order valence-corrected chi connectivity index (χ2v) is 27.5. The quantitative estimate of drug-likeness (QED) is 0.0222. The summed E-state index contributed by atoms with van der Waals surface area (Å²) in [6.07, 6.45) is 42.3. The minimum absolute atomic E-state index is 0.101. The molecule has 19 heteroatoms. The van der Waals surface area contributed by atoms with Gasteiger partial charge >= 0.3 is 39.5 Å². The third kappa shape index (κ3) is 59.5. The predicted molar refractivity (Wildman–Crippen MR) is 340 cm³/mol. The third-order valence-corrected chi connectivity index (χ3v) is 17.5. The van der Waals surface area contributed by atoms with Gasteiger partial charge in [-0.15, -0.1) is 0 Å². The molecule has 504 valence electrons. The summed E-state index contributed by atoms with van der Waals surface area (Å²) in [6, 6.07) is 0. The number of carbonyl (C=O) groups excluding carboxylic acids is 4. The summed E-state index contributed by atoms with van der Waals surface area (Å²) in [6.45, 7) is 9.33. The molecule has 0 spiro atoms. The largest absolute Gasteiger partial charge is 0.472 e. The van der Waals surface area contributed by atoms with E-state index in [0.717, 1.165) is 102 Å². The Morgan fingerprint density at radius 1 is 0.341 bits per heavy atom. The molecule has 0 aromatic carbocycles. The number of aliphatic hydroxyl groups excluding tert-OH is 1. The summed E-state index contributed by atoms with van der Waals surface area (Å²) in [5, 5.41) is 10.5. The summed E-state index contributed by atoms with van der Waals surface area (Å²) in [5.74, 6) is -0.699. The molecule has 6 atom stereocenters. The molecule has 3 N–H and O–H groups in total. The molecule has 85 heavy (non-hydrogen) atoms. The van der Waals surface area contributed by atoms with Gasteiger partial charge in [0.25, 0.3) is 0 Å². The van der Waals surface area contributed by atoms with Crippen molar-refractivity contribution in [2.75, 3.05) is 39.6 Å². The van der Waals surface area contributed by atoms with Crippen molar-refractivity contribution in [1.82, 2.24) is 0 Å². The standard InChI is InChI=1S/C66H128O17P2/c1-7-10-12-14-15-16-17-18-19-20-21-22-23-24-25-26-31-38-44-50-65(70)82-62(55-77-64(69)49-43-37-30-28-27-29-36-41-47-59(6)9-3)57-81-85(74,75)79-53-60(67)52-78-84(72,73)80-56-61(54-76-63(68)48-42-34-13-11-8-2)83-66(71)51-45-39-33-32-35-40-46-58(4)5/h58-62,67H,7-57H2,1-6H3,(H,72,73)(H,74,75)/t59?,60-,61+,62+/m0/s1. The molecular formula is C66H128O17P2. The summed E-state index contributed by atoms with van der Waals surface area (Å²) < 4.78 is 67.8. The Morgan fingerprint density at radius 3 is 0.894 bits per heavy atom. The molecule has 0 aliphatic rings. The van der Waals surface area contributed by atoms with Crippen molar-refractivity contribution >= 4 is 39.5 Å². The lowest BCUT2D eigenvalue weighted by Crippen LogP contribution is -2.30. The molecule has 0 fully saturated rings. The molecule has 0 aromatic rings. The highest BCUT2D eigenvalue weighted by molar-refractivity contribution is 7.47. The molecule has 0 saturated carbocycles. The van der Waals surface area contributed by atoms with E-state index < -0.39 is 97.5 Å². The van der Waals surface area contributed by atoms with Crippen LogP contribution in [0.15, 0.2) is 0 Å². The summed E-state index contributed by atoms with van der Waals surface area (Å²) in [5.41, 5.74) is 0. The average Bonchev–Trinajstić information content (AvgIpc) is 3.58. The van der Waals surface area contributed by atoms with Crippen molar-refractivity contribution in [3.8, 4) is 0 Å². The molecule has 0 bridgehead atoms. The first kappa shape index (κ1) is 83.1. The Balaban J connectivity index is 5.13. The van der Waals surface area contributed by atoms with E-state index in [9.17, 15) is 43.2 Å². The summed E-state index contributed by atoms with van der Waals surface area (Å²) in [7, 11) is -9.88.